The van der Waals surface area contributed by atoms with Crippen molar-refractivity contribution in [1.82, 2.24) is 9.80 Å². The van der Waals surface area contributed by atoms with Gasteiger partial charge in [-0.25, -0.2) is 0 Å². The number of anilines is 1. The number of para-hydroxylation sites is 1. The number of benzene rings is 1. The maximum atomic E-state index is 13.0. The smallest absolute Gasteiger partial charge is 0.308 e. The topological polar surface area (TPSA) is 98.2 Å². The SMILES string of the molecule is O=C(O)[C@H]1CCCN(C(=O)C2CCN(C(=O)[C@H]3CC(=O)N(c4ccccc4)C3)CC2)C1. The van der Waals surface area contributed by atoms with Gasteiger partial charge in [0, 0.05) is 50.7 Å². The Morgan fingerprint density at radius 2 is 1.48 bits per heavy atom. The van der Waals surface area contributed by atoms with Crippen LogP contribution in [0.5, 0.6) is 0 Å². The summed E-state index contributed by atoms with van der Waals surface area (Å²) in [6.07, 6.45) is 2.72. The number of carboxylic acid groups (broad SMARTS) is 1. The molecule has 0 aromatic heterocycles. The highest BCUT2D eigenvalue weighted by molar-refractivity contribution is 6.00. The first-order chi connectivity index (χ1) is 14.9. The van der Waals surface area contributed by atoms with Crippen molar-refractivity contribution in [1.29, 1.82) is 0 Å². The first-order valence-corrected chi connectivity index (χ1v) is 11.1. The van der Waals surface area contributed by atoms with E-state index in [1.165, 1.54) is 0 Å². The lowest BCUT2D eigenvalue weighted by Crippen LogP contribution is -2.49. The van der Waals surface area contributed by atoms with Gasteiger partial charge in [0.2, 0.25) is 17.7 Å². The van der Waals surface area contributed by atoms with Gasteiger partial charge < -0.3 is 19.8 Å². The van der Waals surface area contributed by atoms with Gasteiger partial charge in [0.15, 0.2) is 0 Å². The van der Waals surface area contributed by atoms with E-state index in [9.17, 15) is 24.3 Å². The molecule has 1 N–H and O–H groups in total. The van der Waals surface area contributed by atoms with Crippen LogP contribution in [0.1, 0.15) is 32.1 Å². The Labute approximate surface area is 181 Å². The average molecular weight is 428 g/mol. The molecular formula is C23H29N3O5. The summed E-state index contributed by atoms with van der Waals surface area (Å²) in [5, 5.41) is 9.25. The third kappa shape index (κ3) is 4.57. The van der Waals surface area contributed by atoms with E-state index in [1.54, 1.807) is 14.7 Å². The predicted molar refractivity (Wildman–Crippen MR) is 113 cm³/mol. The van der Waals surface area contributed by atoms with E-state index in [0.717, 1.165) is 5.69 Å². The van der Waals surface area contributed by atoms with Gasteiger partial charge in [-0.3, -0.25) is 19.2 Å². The molecule has 3 amide bonds. The van der Waals surface area contributed by atoms with E-state index < -0.39 is 11.9 Å². The molecule has 8 nitrogen and oxygen atoms in total. The van der Waals surface area contributed by atoms with Crippen molar-refractivity contribution in [3.05, 3.63) is 30.3 Å². The summed E-state index contributed by atoms with van der Waals surface area (Å²) in [7, 11) is 0. The molecule has 4 rings (SSSR count). The first-order valence-electron chi connectivity index (χ1n) is 11.1. The van der Waals surface area contributed by atoms with Crippen molar-refractivity contribution in [2.45, 2.75) is 32.1 Å². The number of likely N-dealkylation sites (tertiary alicyclic amines) is 2. The normalized spacial score (nSPS) is 25.0. The summed E-state index contributed by atoms with van der Waals surface area (Å²) >= 11 is 0. The second kappa shape index (κ2) is 9.08. The van der Waals surface area contributed by atoms with Crippen LogP contribution < -0.4 is 4.90 Å². The second-order valence-corrected chi connectivity index (χ2v) is 8.80. The Morgan fingerprint density at radius 3 is 2.16 bits per heavy atom. The van der Waals surface area contributed by atoms with Crippen molar-refractivity contribution >= 4 is 29.4 Å². The lowest BCUT2D eigenvalue weighted by atomic mass is 9.91. The van der Waals surface area contributed by atoms with Gasteiger partial charge in [0.25, 0.3) is 0 Å². The van der Waals surface area contributed by atoms with E-state index in [2.05, 4.69) is 0 Å². The highest BCUT2D eigenvalue weighted by Gasteiger charge is 2.39. The number of carboxylic acids is 1. The number of hydrogen-bond acceptors (Lipinski definition) is 4. The molecule has 0 bridgehead atoms. The van der Waals surface area contributed by atoms with Gasteiger partial charge in [0.1, 0.15) is 0 Å². The zero-order chi connectivity index (χ0) is 22.0. The maximum absolute atomic E-state index is 13.0. The van der Waals surface area contributed by atoms with Crippen LogP contribution in [0.4, 0.5) is 5.69 Å². The van der Waals surface area contributed by atoms with Crippen LogP contribution in [0.15, 0.2) is 30.3 Å². The Hall–Kier alpha value is -2.90. The van der Waals surface area contributed by atoms with Crippen molar-refractivity contribution in [2.24, 2.45) is 17.8 Å². The molecule has 3 heterocycles. The van der Waals surface area contributed by atoms with Crippen LogP contribution in [0, 0.1) is 17.8 Å². The Bertz CT molecular complexity index is 850. The lowest BCUT2D eigenvalue weighted by Gasteiger charge is -2.37. The molecule has 31 heavy (non-hydrogen) atoms. The molecule has 8 heteroatoms. The molecule has 3 fully saturated rings. The van der Waals surface area contributed by atoms with Crippen LogP contribution in [-0.2, 0) is 19.2 Å². The van der Waals surface area contributed by atoms with Gasteiger partial charge in [0.05, 0.1) is 11.8 Å². The molecular weight excluding hydrogens is 398 g/mol. The molecule has 3 saturated heterocycles. The van der Waals surface area contributed by atoms with Gasteiger partial charge in [-0.1, -0.05) is 18.2 Å². The number of nitrogens with zero attached hydrogens (tertiary/aromatic N) is 3. The predicted octanol–water partition coefficient (Wildman–Crippen LogP) is 1.60. The third-order valence-corrected chi connectivity index (χ3v) is 6.78. The summed E-state index contributed by atoms with van der Waals surface area (Å²) in [5.74, 6) is -1.86. The third-order valence-electron chi connectivity index (χ3n) is 6.78. The van der Waals surface area contributed by atoms with Gasteiger partial charge in [-0.2, -0.15) is 0 Å². The van der Waals surface area contributed by atoms with Crippen molar-refractivity contribution < 1.29 is 24.3 Å². The molecule has 0 radical (unpaired) electrons. The van der Waals surface area contributed by atoms with Crippen LogP contribution in [0.3, 0.4) is 0 Å². The average Bonchev–Trinajstić information content (AvgIpc) is 3.20. The zero-order valence-corrected chi connectivity index (χ0v) is 17.6. The quantitative estimate of drug-likeness (QED) is 0.787. The number of carbonyl (C=O) groups excluding carboxylic acids is 3. The fourth-order valence-electron chi connectivity index (χ4n) is 4.97. The van der Waals surface area contributed by atoms with E-state index in [1.807, 2.05) is 30.3 Å². The van der Waals surface area contributed by atoms with Crippen molar-refractivity contribution in [3.8, 4) is 0 Å². The molecule has 2 atom stereocenters. The zero-order valence-electron chi connectivity index (χ0n) is 17.6. The monoisotopic (exact) mass is 427 g/mol. The summed E-state index contributed by atoms with van der Waals surface area (Å²) in [4.78, 5) is 54.7. The van der Waals surface area contributed by atoms with Crippen LogP contribution in [-0.4, -0.2) is 71.3 Å². The minimum atomic E-state index is -0.839. The molecule has 0 saturated carbocycles. The number of piperidine rings is 2. The van der Waals surface area contributed by atoms with E-state index in [-0.39, 0.29) is 42.5 Å². The minimum absolute atomic E-state index is 0.0124. The summed E-state index contributed by atoms with van der Waals surface area (Å²) < 4.78 is 0. The highest BCUT2D eigenvalue weighted by Crippen LogP contribution is 2.29. The Morgan fingerprint density at radius 1 is 0.806 bits per heavy atom. The Kier molecular flexibility index (Phi) is 6.25. The molecule has 0 aliphatic carbocycles. The van der Waals surface area contributed by atoms with E-state index in [0.29, 0.717) is 51.9 Å². The number of amides is 3. The van der Waals surface area contributed by atoms with Crippen LogP contribution in [0.2, 0.25) is 0 Å². The fraction of sp³-hybridized carbons (Fsp3) is 0.565. The summed E-state index contributed by atoms with van der Waals surface area (Å²) in [6, 6.07) is 9.39. The molecule has 0 unspecified atom stereocenters. The maximum Gasteiger partial charge on any atom is 0.308 e. The minimum Gasteiger partial charge on any atom is -0.481 e. The fourth-order valence-corrected chi connectivity index (χ4v) is 4.97. The number of rotatable bonds is 4. The molecule has 0 spiro atoms. The van der Waals surface area contributed by atoms with Crippen LogP contribution in [0.25, 0.3) is 0 Å². The van der Waals surface area contributed by atoms with Gasteiger partial charge in [-0.05, 0) is 37.8 Å². The first kappa shape index (κ1) is 21.3. The number of carbonyl (C=O) groups is 4. The molecule has 3 aliphatic heterocycles. The summed E-state index contributed by atoms with van der Waals surface area (Å²) in [5.41, 5.74) is 0.813. The van der Waals surface area contributed by atoms with E-state index >= 15 is 0 Å². The van der Waals surface area contributed by atoms with Gasteiger partial charge in [-0.15, -0.1) is 0 Å². The number of hydrogen-bond donors (Lipinski definition) is 1. The van der Waals surface area contributed by atoms with E-state index in [4.69, 9.17) is 0 Å². The second-order valence-electron chi connectivity index (χ2n) is 8.80. The van der Waals surface area contributed by atoms with Crippen molar-refractivity contribution in [3.63, 3.8) is 0 Å². The van der Waals surface area contributed by atoms with Crippen LogP contribution >= 0.6 is 0 Å². The molecule has 166 valence electrons. The molecule has 3 aliphatic rings. The van der Waals surface area contributed by atoms with Crippen molar-refractivity contribution in [2.75, 3.05) is 37.6 Å². The highest BCUT2D eigenvalue weighted by atomic mass is 16.4. The molecule has 1 aromatic rings. The lowest BCUT2D eigenvalue weighted by molar-refractivity contribution is -0.148. The standard InChI is InChI=1S/C23H29N3O5/c27-20-13-18(15-26(20)19-6-2-1-3-7-19)22(29)24-11-8-16(9-12-24)21(28)25-10-4-5-17(14-25)23(30)31/h1-3,6-7,16-18H,4-5,8-15H2,(H,30,31)/t17-,18-/m0/s1. The molecule has 1 aromatic carbocycles. The number of aliphatic carboxylic acids is 1. The van der Waals surface area contributed by atoms with Gasteiger partial charge >= 0.3 is 5.97 Å². The Balaban J connectivity index is 1.30. The summed E-state index contributed by atoms with van der Waals surface area (Å²) in [6.45, 7) is 2.29. The largest absolute Gasteiger partial charge is 0.481 e.